The molecule has 0 heterocycles. The second-order valence-corrected chi connectivity index (χ2v) is 16.9. The van der Waals surface area contributed by atoms with E-state index in [1.165, 1.54) is 11.8 Å². The van der Waals surface area contributed by atoms with Crippen molar-refractivity contribution in [2.75, 3.05) is 26.2 Å². The quantitative estimate of drug-likeness (QED) is 0.186. The molecular weight excluding hydrogens is 670 g/mol. The van der Waals surface area contributed by atoms with Gasteiger partial charge in [0.15, 0.2) is 0 Å². The van der Waals surface area contributed by atoms with Crippen LogP contribution in [0.4, 0.5) is 0 Å². The first-order valence-corrected chi connectivity index (χ1v) is 17.2. The smallest absolute Gasteiger partial charge is 0.396 e. The van der Waals surface area contributed by atoms with Crippen molar-refractivity contribution in [3.63, 3.8) is 0 Å². The minimum absolute atomic E-state index is 0. The van der Waals surface area contributed by atoms with E-state index >= 15 is 0 Å². The molecule has 2 unspecified atom stereocenters. The molecule has 4 saturated carbocycles. The fraction of sp³-hybridized carbons (Fsp3) is 0.444. The van der Waals surface area contributed by atoms with Gasteiger partial charge in [-0.2, -0.15) is 0 Å². The predicted molar refractivity (Wildman–Crippen MR) is 180 cm³/mol. The monoisotopic (exact) mass is 721 g/mol. The van der Waals surface area contributed by atoms with Gasteiger partial charge >= 0.3 is 34.1 Å². The van der Waals surface area contributed by atoms with Gasteiger partial charge in [0.1, 0.15) is 0 Å². The number of nitrogens with zero attached hydrogens (tertiary/aromatic N) is 1. The largest absolute Gasteiger partial charge is 2.00 e. The molecule has 4 rings (SSSR count). The van der Waals surface area contributed by atoms with E-state index in [0.29, 0.717) is 0 Å². The molecule has 2 atom stereocenters. The molecule has 0 amide bonds. The standard InChI is InChI=1S/C26H41NO3S2.2C5H5.2Fe/c1-25(2,3)31(29)23-13-11-21(17-23)19-27(15-9-7-8-10-16-28)20-22-12-14-24(18-22)32(30)26(4,5)6;2*1-2-4-5-3-1;;/h11-14,17-18,28H,7-10,15-16,19-20H2,1-6H3;2*1-5H;;/q;;;2*+2. The van der Waals surface area contributed by atoms with E-state index in [2.05, 4.69) is 30.6 Å². The van der Waals surface area contributed by atoms with Crippen molar-refractivity contribution >= 4 is 21.6 Å². The van der Waals surface area contributed by atoms with Crippen LogP contribution in [0.1, 0.15) is 67.2 Å². The van der Waals surface area contributed by atoms with Crippen molar-refractivity contribution in [3.8, 4) is 0 Å². The van der Waals surface area contributed by atoms with Gasteiger partial charge in [-0.15, -0.1) is 0 Å². The van der Waals surface area contributed by atoms with Crippen LogP contribution in [0.3, 0.4) is 0 Å². The van der Waals surface area contributed by atoms with E-state index in [4.69, 9.17) is 5.11 Å². The van der Waals surface area contributed by atoms with Gasteiger partial charge in [-0.05, 0) is 175 Å². The van der Waals surface area contributed by atoms with Crippen molar-refractivity contribution in [1.82, 2.24) is 4.90 Å². The molecule has 1 N–H and O–H groups in total. The van der Waals surface area contributed by atoms with Crippen LogP contribution in [0.25, 0.3) is 0 Å². The summed E-state index contributed by atoms with van der Waals surface area (Å²) in [6.07, 6.45) is 36.4. The van der Waals surface area contributed by atoms with Crippen molar-refractivity contribution < 1.29 is 47.7 Å². The third-order valence-corrected chi connectivity index (χ3v) is 10.0. The molecule has 0 aromatic carbocycles. The fourth-order valence-corrected chi connectivity index (χ4v) is 6.56. The first-order chi connectivity index (χ1) is 19.9. The Balaban J connectivity index is 0.00000129. The summed E-state index contributed by atoms with van der Waals surface area (Å²) in [7, 11) is -2.06. The van der Waals surface area contributed by atoms with E-state index in [9.17, 15) is 8.42 Å². The summed E-state index contributed by atoms with van der Waals surface area (Å²) in [6, 6.07) is 0. The van der Waals surface area contributed by atoms with E-state index in [1.807, 2.05) is 119 Å². The van der Waals surface area contributed by atoms with Crippen molar-refractivity contribution in [1.29, 1.82) is 0 Å². The molecule has 4 aliphatic rings. The summed E-state index contributed by atoms with van der Waals surface area (Å²) in [5.74, 6) is 2.36. The Labute approximate surface area is 300 Å². The van der Waals surface area contributed by atoms with Crippen molar-refractivity contribution in [3.05, 3.63) is 125 Å². The Bertz CT molecular complexity index is 692. The van der Waals surface area contributed by atoms with E-state index in [-0.39, 0.29) is 50.2 Å². The third kappa shape index (κ3) is 18.7. The molecule has 0 spiro atoms. The van der Waals surface area contributed by atoms with Crippen LogP contribution in [-0.2, 0) is 55.7 Å². The topological polar surface area (TPSA) is 57.6 Å². The van der Waals surface area contributed by atoms with Crippen LogP contribution in [0.15, 0.2) is 0 Å². The molecule has 0 aliphatic heterocycles. The first kappa shape index (κ1) is 45.3. The molecule has 0 saturated heterocycles. The Kier molecular flexibility index (Phi) is 25.1. The minimum Gasteiger partial charge on any atom is -0.396 e. The number of rotatable bonds is 12. The van der Waals surface area contributed by atoms with Gasteiger partial charge in [-0.1, -0.05) is 12.8 Å². The molecule has 4 aliphatic carbocycles. The van der Waals surface area contributed by atoms with Crippen LogP contribution in [-0.4, -0.2) is 54.2 Å². The van der Waals surface area contributed by atoms with Gasteiger partial charge in [0, 0.05) is 50.8 Å². The van der Waals surface area contributed by atoms with Gasteiger partial charge in [0.25, 0.3) is 0 Å². The predicted octanol–water partition coefficient (Wildman–Crippen LogP) is 6.44. The van der Waals surface area contributed by atoms with Gasteiger partial charge in [0.2, 0.25) is 0 Å². The molecule has 242 valence electrons. The van der Waals surface area contributed by atoms with Gasteiger partial charge < -0.3 is 10.0 Å². The summed E-state index contributed by atoms with van der Waals surface area (Å²) in [4.78, 5) is 2.41. The molecule has 20 radical (unpaired) electrons. The van der Waals surface area contributed by atoms with Crippen LogP contribution in [0.2, 0.25) is 0 Å². The second-order valence-electron chi connectivity index (χ2n) is 12.4. The molecule has 0 bridgehead atoms. The number of hydrogen-bond acceptors (Lipinski definition) is 4. The summed E-state index contributed by atoms with van der Waals surface area (Å²) in [5.41, 5.74) is 0. The fourth-order valence-electron chi connectivity index (χ4n) is 4.24. The summed E-state index contributed by atoms with van der Waals surface area (Å²) in [6.45, 7) is 14.8. The second kappa shape index (κ2) is 24.4. The Hall–Kier alpha value is 1.26. The molecule has 0 aromatic heterocycles. The van der Waals surface area contributed by atoms with E-state index < -0.39 is 21.6 Å². The zero-order chi connectivity index (χ0) is 31.0. The Morgan fingerprint density at radius 3 is 1.23 bits per heavy atom. The van der Waals surface area contributed by atoms with Crippen molar-refractivity contribution in [2.24, 2.45) is 0 Å². The average molecular weight is 722 g/mol. The number of aliphatic hydroxyl groups is 1. The normalized spacial score (nSPS) is 21.6. The summed E-state index contributed by atoms with van der Waals surface area (Å²) < 4.78 is 24.9. The van der Waals surface area contributed by atoms with Crippen LogP contribution in [0.5, 0.6) is 0 Å². The van der Waals surface area contributed by atoms with Crippen LogP contribution in [0, 0.1) is 125 Å². The minimum atomic E-state index is -1.03. The van der Waals surface area contributed by atoms with Gasteiger partial charge in [-0.25, -0.2) is 0 Å². The van der Waals surface area contributed by atoms with E-state index in [1.54, 1.807) is 0 Å². The third-order valence-electron chi connectivity index (χ3n) is 6.43. The van der Waals surface area contributed by atoms with Crippen LogP contribution < -0.4 is 0 Å². The maximum absolute atomic E-state index is 12.7. The van der Waals surface area contributed by atoms with Gasteiger partial charge in [0.05, 0.1) is 10.5 Å². The van der Waals surface area contributed by atoms with Gasteiger partial charge in [-0.3, -0.25) is 8.42 Å². The first-order valence-electron chi connectivity index (χ1n) is 14.9. The van der Waals surface area contributed by atoms with Crippen LogP contribution >= 0.6 is 0 Å². The maximum atomic E-state index is 12.7. The average Bonchev–Trinajstić information content (AvgIpc) is 3.76. The number of aliphatic hydroxyl groups excluding tert-OH is 1. The summed E-state index contributed by atoms with van der Waals surface area (Å²) in [5, 5.41) is 10.8. The molecule has 4 fully saturated rings. The summed E-state index contributed by atoms with van der Waals surface area (Å²) >= 11 is 0. The van der Waals surface area contributed by atoms with Crippen molar-refractivity contribution in [2.45, 2.75) is 76.7 Å². The zero-order valence-electron chi connectivity index (χ0n) is 27.1. The van der Waals surface area contributed by atoms with E-state index in [0.717, 1.165) is 55.8 Å². The molecule has 8 heteroatoms. The SMILES string of the molecule is CC(C)(C)S(=O)[C]1[CH][CH][C](CN(CCCCCCO)C[C]2[CH][CH][C](S(=O)C(C)(C)C)[CH]2)[CH]1.[CH]1[CH][CH][CH][CH]1.[CH]1[CH][CH][CH][CH]1.[Fe+2].[Fe+2]. The molecular formula is C36H51Fe2NO3S2+4. The molecule has 44 heavy (non-hydrogen) atoms. The number of hydrogen-bond donors (Lipinski definition) is 1. The maximum Gasteiger partial charge on any atom is 2.00 e. The molecule has 4 nitrogen and oxygen atoms in total. The Morgan fingerprint density at radius 2 is 0.909 bits per heavy atom. The Morgan fingerprint density at radius 1 is 0.568 bits per heavy atom. The molecule has 0 aromatic rings. The zero-order valence-corrected chi connectivity index (χ0v) is 31.0. The number of unbranched alkanes of at least 4 members (excludes halogenated alkanes) is 3.